The lowest BCUT2D eigenvalue weighted by Crippen LogP contribution is -2.43. The topological polar surface area (TPSA) is 114 Å². The van der Waals surface area contributed by atoms with Crippen molar-refractivity contribution >= 4 is 23.7 Å². The minimum absolute atomic E-state index is 0.00575. The first-order valence-electron chi connectivity index (χ1n) is 10.8. The van der Waals surface area contributed by atoms with E-state index in [9.17, 15) is 9.59 Å². The van der Waals surface area contributed by atoms with Crippen LogP contribution < -0.4 is 16.1 Å². The molecule has 1 aliphatic carbocycles. The Morgan fingerprint density at radius 1 is 1.20 bits per heavy atom. The molecule has 2 heterocycles. The van der Waals surface area contributed by atoms with Gasteiger partial charge in [0.25, 0.3) is 5.91 Å². The second kappa shape index (κ2) is 11.6. The molecular formula is C21H31N5O4. The number of rotatable bonds is 9. The summed E-state index contributed by atoms with van der Waals surface area (Å²) in [6.45, 7) is 2.60. The molecule has 164 valence electrons. The van der Waals surface area contributed by atoms with Crippen molar-refractivity contribution in [1.29, 1.82) is 0 Å². The highest BCUT2D eigenvalue weighted by atomic mass is 16.8. The summed E-state index contributed by atoms with van der Waals surface area (Å²) >= 11 is 0. The van der Waals surface area contributed by atoms with Crippen LogP contribution in [0.5, 0.6) is 0 Å². The maximum absolute atomic E-state index is 12.5. The van der Waals surface area contributed by atoms with Crippen molar-refractivity contribution in [2.75, 3.05) is 11.9 Å². The fourth-order valence-electron chi connectivity index (χ4n) is 3.53. The minimum atomic E-state index is -0.400. The van der Waals surface area contributed by atoms with Gasteiger partial charge in [0, 0.05) is 25.1 Å². The summed E-state index contributed by atoms with van der Waals surface area (Å²) in [6, 6.07) is -0.0713. The molecule has 0 radical (unpaired) electrons. The Balaban J connectivity index is 1.44. The van der Waals surface area contributed by atoms with Crippen LogP contribution in [0.2, 0.25) is 0 Å². The van der Waals surface area contributed by atoms with Crippen LogP contribution in [0.1, 0.15) is 64.0 Å². The van der Waals surface area contributed by atoms with Crippen molar-refractivity contribution in [3.05, 3.63) is 24.2 Å². The van der Waals surface area contributed by atoms with E-state index in [0.717, 1.165) is 32.1 Å². The average molecular weight is 418 g/mol. The molecule has 1 saturated heterocycles. The molecule has 2 amide bonds. The number of amides is 2. The van der Waals surface area contributed by atoms with E-state index in [1.807, 2.05) is 6.92 Å². The summed E-state index contributed by atoms with van der Waals surface area (Å²) in [5.41, 5.74) is 2.88. The summed E-state index contributed by atoms with van der Waals surface area (Å²) in [5.74, 6) is 0.111. The molecule has 0 bridgehead atoms. The fourth-order valence-corrected chi connectivity index (χ4v) is 3.53. The first-order chi connectivity index (χ1) is 14.6. The van der Waals surface area contributed by atoms with Crippen molar-refractivity contribution in [2.24, 2.45) is 0 Å². The van der Waals surface area contributed by atoms with Gasteiger partial charge in [-0.15, -0.1) is 0 Å². The number of anilines is 1. The van der Waals surface area contributed by atoms with Gasteiger partial charge in [-0.2, -0.15) is 0 Å². The van der Waals surface area contributed by atoms with Gasteiger partial charge in [-0.05, 0) is 38.2 Å². The highest BCUT2D eigenvalue weighted by Gasteiger charge is 2.22. The van der Waals surface area contributed by atoms with Crippen LogP contribution in [0, 0.1) is 0 Å². The minimum Gasteiger partial charge on any atom is -0.357 e. The summed E-state index contributed by atoms with van der Waals surface area (Å²) < 4.78 is 5.38. The van der Waals surface area contributed by atoms with Gasteiger partial charge in [0.05, 0.1) is 18.1 Å². The number of hydroxylamine groups is 1. The highest BCUT2D eigenvalue weighted by molar-refractivity contribution is 5.90. The molecule has 9 heteroatoms. The Morgan fingerprint density at radius 2 is 2.00 bits per heavy atom. The molecule has 1 aromatic rings. The standard InChI is InChI=1S/C21H31N5O4/c1-2-17(21(28)24-15-7-3-4-8-15)25-18-14-22-16(13-23-18)10-11-19(27)26-30-20-9-5-6-12-29-20/h10-11,13-15,17,20H,2-9,12H2,1H3,(H,23,25)(H,24,28)(H,26,27)/t17-,20?/m1/s1. The van der Waals surface area contributed by atoms with E-state index in [1.54, 1.807) is 18.5 Å². The predicted octanol–water partition coefficient (Wildman–Crippen LogP) is 2.31. The second-order valence-electron chi connectivity index (χ2n) is 7.64. The van der Waals surface area contributed by atoms with Crippen molar-refractivity contribution in [3.8, 4) is 0 Å². The Labute approximate surface area is 177 Å². The molecule has 3 N–H and O–H groups in total. The third-order valence-corrected chi connectivity index (χ3v) is 5.25. The molecule has 1 saturated carbocycles. The van der Waals surface area contributed by atoms with Crippen LogP contribution in [0.4, 0.5) is 5.82 Å². The smallest absolute Gasteiger partial charge is 0.267 e. The van der Waals surface area contributed by atoms with Crippen LogP contribution in [-0.2, 0) is 19.2 Å². The van der Waals surface area contributed by atoms with Gasteiger partial charge in [0.1, 0.15) is 11.9 Å². The zero-order chi connectivity index (χ0) is 21.2. The first-order valence-corrected chi connectivity index (χ1v) is 10.8. The van der Waals surface area contributed by atoms with Crippen molar-refractivity contribution in [2.45, 2.75) is 76.7 Å². The molecule has 30 heavy (non-hydrogen) atoms. The Kier molecular flexibility index (Phi) is 8.58. The molecule has 1 aromatic heterocycles. The van der Waals surface area contributed by atoms with E-state index >= 15 is 0 Å². The van der Waals surface area contributed by atoms with Gasteiger partial charge < -0.3 is 15.4 Å². The predicted molar refractivity (Wildman–Crippen MR) is 112 cm³/mol. The molecule has 2 fully saturated rings. The number of ether oxygens (including phenoxy) is 1. The van der Waals surface area contributed by atoms with Crippen LogP contribution in [0.3, 0.4) is 0 Å². The average Bonchev–Trinajstić information content (AvgIpc) is 3.29. The van der Waals surface area contributed by atoms with E-state index in [1.165, 1.54) is 18.9 Å². The fraction of sp³-hybridized carbons (Fsp3) is 0.619. The third kappa shape index (κ3) is 7.07. The van der Waals surface area contributed by atoms with Crippen LogP contribution >= 0.6 is 0 Å². The van der Waals surface area contributed by atoms with E-state index in [0.29, 0.717) is 24.5 Å². The molecule has 0 aromatic carbocycles. The molecule has 3 rings (SSSR count). The van der Waals surface area contributed by atoms with Crippen LogP contribution in [0.25, 0.3) is 6.08 Å². The summed E-state index contributed by atoms with van der Waals surface area (Å²) in [4.78, 5) is 38.1. The van der Waals surface area contributed by atoms with Crippen LogP contribution in [0.15, 0.2) is 18.5 Å². The largest absolute Gasteiger partial charge is 0.357 e. The van der Waals surface area contributed by atoms with E-state index in [2.05, 4.69) is 26.1 Å². The molecule has 1 unspecified atom stereocenters. The lowest BCUT2D eigenvalue weighted by Gasteiger charge is -2.21. The molecule has 9 nitrogen and oxygen atoms in total. The van der Waals surface area contributed by atoms with Gasteiger partial charge in [-0.25, -0.2) is 15.3 Å². The maximum atomic E-state index is 12.5. The lowest BCUT2D eigenvalue weighted by atomic mass is 10.1. The van der Waals surface area contributed by atoms with Gasteiger partial charge in [0.15, 0.2) is 6.29 Å². The summed E-state index contributed by atoms with van der Waals surface area (Å²) in [7, 11) is 0. The maximum Gasteiger partial charge on any atom is 0.267 e. The number of carbonyl (C=O) groups is 2. The summed E-state index contributed by atoms with van der Waals surface area (Å²) in [5, 5.41) is 6.23. The number of carbonyl (C=O) groups excluding carboxylic acids is 2. The normalized spacial score (nSPS) is 20.8. The van der Waals surface area contributed by atoms with E-state index in [-0.39, 0.29) is 18.0 Å². The van der Waals surface area contributed by atoms with Crippen LogP contribution in [-0.4, -0.2) is 46.8 Å². The number of hydrogen-bond donors (Lipinski definition) is 3. The van der Waals surface area contributed by atoms with Gasteiger partial charge in [-0.1, -0.05) is 19.8 Å². The molecular weight excluding hydrogens is 386 g/mol. The number of aromatic nitrogens is 2. The lowest BCUT2D eigenvalue weighted by molar-refractivity contribution is -0.198. The zero-order valence-electron chi connectivity index (χ0n) is 17.4. The third-order valence-electron chi connectivity index (χ3n) is 5.25. The first kappa shape index (κ1) is 22.2. The Morgan fingerprint density at radius 3 is 2.67 bits per heavy atom. The highest BCUT2D eigenvalue weighted by Crippen LogP contribution is 2.18. The molecule has 0 spiro atoms. The monoisotopic (exact) mass is 417 g/mol. The quantitative estimate of drug-likeness (QED) is 0.417. The number of nitrogens with zero attached hydrogens (tertiary/aromatic N) is 2. The van der Waals surface area contributed by atoms with Gasteiger partial charge >= 0.3 is 0 Å². The summed E-state index contributed by atoms with van der Waals surface area (Å²) in [6.07, 6.45) is 13.5. The number of hydrogen-bond acceptors (Lipinski definition) is 7. The van der Waals surface area contributed by atoms with E-state index in [4.69, 9.17) is 9.57 Å². The molecule has 2 aliphatic rings. The zero-order valence-corrected chi connectivity index (χ0v) is 17.4. The Bertz CT molecular complexity index is 713. The molecule has 1 aliphatic heterocycles. The SMILES string of the molecule is CC[C@@H](Nc1cnc(C=CC(=O)NOC2CCCCO2)cn1)C(=O)NC1CCCC1. The van der Waals surface area contributed by atoms with Crippen molar-refractivity contribution in [1.82, 2.24) is 20.8 Å². The molecule has 2 atom stereocenters. The van der Waals surface area contributed by atoms with Gasteiger partial charge in [0.2, 0.25) is 5.91 Å². The van der Waals surface area contributed by atoms with E-state index < -0.39 is 12.2 Å². The Hall–Kier alpha value is -2.52. The van der Waals surface area contributed by atoms with Crippen molar-refractivity contribution in [3.63, 3.8) is 0 Å². The van der Waals surface area contributed by atoms with Crippen molar-refractivity contribution < 1.29 is 19.2 Å². The second-order valence-corrected chi connectivity index (χ2v) is 7.64. The van der Waals surface area contributed by atoms with Gasteiger partial charge in [-0.3, -0.25) is 14.6 Å². The number of nitrogens with one attached hydrogen (secondary N) is 3.